The molecular weight excluding hydrogens is 595 g/mol. The molecule has 2 aromatic carbocycles. The number of nitrogens with one attached hydrogen (secondary N) is 1. The minimum absolute atomic E-state index is 0.177. The quantitative estimate of drug-likeness (QED) is 0.240. The number of benzene rings is 2. The minimum Gasteiger partial charge on any atom is -0.354 e. The minimum atomic E-state index is -0.820. The fourth-order valence-electron chi connectivity index (χ4n) is 6.45. The van der Waals surface area contributed by atoms with Crippen molar-refractivity contribution in [3.63, 3.8) is 0 Å². The number of likely N-dealkylation sites (N-methyl/N-ethyl adjacent to an activating group) is 2. The second-order valence-electron chi connectivity index (χ2n) is 13.6. The zero-order valence-corrected chi connectivity index (χ0v) is 29.1. The Hall–Kier alpha value is -3.53. The lowest BCUT2D eigenvalue weighted by molar-refractivity contribution is -0.146. The maximum Gasteiger partial charge on any atom is 0.246 e. The zero-order valence-electron chi connectivity index (χ0n) is 28.3. The number of amides is 3. The predicted octanol–water partition coefficient (Wildman–Crippen LogP) is 5.01. The van der Waals surface area contributed by atoms with Crippen LogP contribution in [-0.2, 0) is 27.2 Å². The van der Waals surface area contributed by atoms with E-state index in [1.165, 1.54) is 11.3 Å². The Kier molecular flexibility index (Phi) is 12.2. The molecule has 3 atom stereocenters. The Labute approximate surface area is 278 Å². The van der Waals surface area contributed by atoms with Crippen molar-refractivity contribution in [2.24, 2.45) is 5.73 Å². The summed E-state index contributed by atoms with van der Waals surface area (Å²) in [5.74, 6) is -0.722. The van der Waals surface area contributed by atoms with Crippen LogP contribution in [0.25, 0.3) is 10.8 Å². The number of carbonyl (C=O) groups is 3. The molecule has 2 heterocycles. The summed E-state index contributed by atoms with van der Waals surface area (Å²) in [4.78, 5) is 48.3. The van der Waals surface area contributed by atoms with Crippen LogP contribution in [0, 0.1) is 0 Å². The second kappa shape index (κ2) is 15.8. The topological polar surface area (TPSA) is 99.0 Å². The first-order chi connectivity index (χ1) is 21.8. The fourth-order valence-corrected chi connectivity index (χ4v) is 7.20. The van der Waals surface area contributed by atoms with Crippen LogP contribution >= 0.6 is 11.3 Å². The van der Waals surface area contributed by atoms with Crippen molar-refractivity contribution < 1.29 is 14.4 Å². The van der Waals surface area contributed by atoms with Gasteiger partial charge in [0.25, 0.3) is 0 Å². The molecule has 3 amide bonds. The Bertz CT molecular complexity index is 1510. The molecule has 1 aliphatic rings. The molecule has 1 aromatic heterocycles. The normalized spacial score (nSPS) is 17.1. The van der Waals surface area contributed by atoms with Crippen molar-refractivity contribution in [3.8, 4) is 0 Å². The van der Waals surface area contributed by atoms with Gasteiger partial charge in [0.05, 0.1) is 0 Å². The van der Waals surface area contributed by atoms with Gasteiger partial charge in [-0.15, -0.1) is 11.3 Å². The van der Waals surface area contributed by atoms with Gasteiger partial charge in [-0.1, -0.05) is 54.1 Å². The molecule has 1 aliphatic heterocycles. The van der Waals surface area contributed by atoms with Crippen LogP contribution in [0.1, 0.15) is 56.9 Å². The van der Waals surface area contributed by atoms with E-state index in [1.807, 2.05) is 68.6 Å². The highest BCUT2D eigenvalue weighted by atomic mass is 32.1. The summed E-state index contributed by atoms with van der Waals surface area (Å²) < 4.78 is 0. The maximum atomic E-state index is 14.5. The van der Waals surface area contributed by atoms with Crippen molar-refractivity contribution in [2.45, 2.75) is 83.0 Å². The molecule has 1 saturated heterocycles. The number of thiophene rings is 1. The first kappa shape index (κ1) is 35.3. The lowest BCUT2D eigenvalue weighted by Crippen LogP contribution is -2.56. The van der Waals surface area contributed by atoms with Crippen molar-refractivity contribution in [1.82, 2.24) is 20.0 Å². The number of likely N-dealkylation sites (tertiary alicyclic amines) is 1. The van der Waals surface area contributed by atoms with Gasteiger partial charge in [0, 0.05) is 56.0 Å². The third kappa shape index (κ3) is 9.74. The van der Waals surface area contributed by atoms with Crippen LogP contribution in [-0.4, -0.2) is 90.3 Å². The predicted molar refractivity (Wildman–Crippen MR) is 189 cm³/mol. The number of rotatable bonds is 14. The number of nitrogens with zero attached hydrogens (tertiary/aromatic N) is 3. The lowest BCUT2D eigenvalue weighted by Gasteiger charge is -2.34. The molecule has 0 spiro atoms. The molecule has 3 unspecified atom stereocenters. The molecule has 4 rings (SSSR count). The first-order valence-corrected chi connectivity index (χ1v) is 17.2. The monoisotopic (exact) mass is 645 g/mol. The maximum absolute atomic E-state index is 14.5. The number of hydrogen-bond donors (Lipinski definition) is 2. The van der Waals surface area contributed by atoms with Gasteiger partial charge in [-0.05, 0) is 87.8 Å². The average Bonchev–Trinajstić information content (AvgIpc) is 3.68. The third-order valence-electron chi connectivity index (χ3n) is 8.99. The van der Waals surface area contributed by atoms with Crippen LogP contribution in [0.15, 0.2) is 71.6 Å². The van der Waals surface area contributed by atoms with Gasteiger partial charge in [-0.3, -0.25) is 14.4 Å². The molecular formula is C37H51N5O3S. The summed E-state index contributed by atoms with van der Waals surface area (Å²) >= 11 is 1.57. The van der Waals surface area contributed by atoms with Crippen LogP contribution < -0.4 is 11.1 Å². The molecule has 46 heavy (non-hydrogen) atoms. The Morgan fingerprint density at radius 3 is 2.43 bits per heavy atom. The molecule has 0 saturated carbocycles. The summed E-state index contributed by atoms with van der Waals surface area (Å²) in [5.41, 5.74) is 7.53. The highest BCUT2D eigenvalue weighted by Crippen LogP contribution is 2.22. The van der Waals surface area contributed by atoms with Gasteiger partial charge < -0.3 is 25.8 Å². The number of hydrogen-bond acceptors (Lipinski definition) is 6. The van der Waals surface area contributed by atoms with E-state index in [0.717, 1.165) is 46.2 Å². The molecule has 0 aliphatic carbocycles. The van der Waals surface area contributed by atoms with Gasteiger partial charge in [-0.2, -0.15) is 0 Å². The summed E-state index contributed by atoms with van der Waals surface area (Å²) in [6.45, 7) is 7.36. The van der Waals surface area contributed by atoms with Crippen LogP contribution in [0.3, 0.4) is 0 Å². The molecule has 0 bridgehead atoms. The summed E-state index contributed by atoms with van der Waals surface area (Å²) in [5, 5.41) is 7.28. The van der Waals surface area contributed by atoms with E-state index >= 15 is 0 Å². The van der Waals surface area contributed by atoms with Crippen LogP contribution in [0.4, 0.5) is 0 Å². The highest BCUT2D eigenvalue weighted by Gasteiger charge is 2.35. The van der Waals surface area contributed by atoms with Crippen molar-refractivity contribution in [3.05, 3.63) is 82.1 Å². The van der Waals surface area contributed by atoms with Crippen molar-refractivity contribution in [2.75, 3.05) is 34.2 Å². The highest BCUT2D eigenvalue weighted by molar-refractivity contribution is 7.09. The third-order valence-corrected chi connectivity index (χ3v) is 9.89. The van der Waals surface area contributed by atoms with Crippen LogP contribution in [0.2, 0.25) is 0 Å². The second-order valence-corrected chi connectivity index (χ2v) is 14.6. The average molecular weight is 646 g/mol. The van der Waals surface area contributed by atoms with E-state index < -0.39 is 17.6 Å². The van der Waals surface area contributed by atoms with Gasteiger partial charge in [0.1, 0.15) is 12.1 Å². The van der Waals surface area contributed by atoms with E-state index in [9.17, 15) is 14.4 Å². The van der Waals surface area contributed by atoms with E-state index in [4.69, 9.17) is 5.73 Å². The van der Waals surface area contributed by atoms with Crippen LogP contribution in [0.5, 0.6) is 0 Å². The molecule has 8 nitrogen and oxygen atoms in total. The van der Waals surface area contributed by atoms with E-state index in [-0.39, 0.29) is 17.7 Å². The standard InChI is InChI=1S/C37H51N5O3S/c1-26(25-37(2,3)38)21-34(43)41(5)33(23-27-15-16-28-11-7-8-12-29(28)22-27)36(45)42(6)32(24-31-14-10-20-46-31)35(44)39-18-17-30-13-9-19-40(30)4/h7-8,10-12,14-16,20-22,30,32-33H,9,13,17-19,23-25,38H2,1-6H3,(H,39,44)/b26-21+. The first-order valence-electron chi connectivity index (χ1n) is 16.3. The molecule has 1 fully saturated rings. The van der Waals surface area contributed by atoms with E-state index in [1.54, 1.807) is 36.4 Å². The SMILES string of the molecule is C/C(=C\C(=O)N(C)C(Cc1ccc2ccccc2c1)C(=O)N(C)C(Cc1cccs1)C(=O)NCCC1CCCN1C)CC(C)(C)N. The van der Waals surface area contributed by atoms with E-state index in [0.29, 0.717) is 31.8 Å². The lowest BCUT2D eigenvalue weighted by atomic mass is 9.96. The molecule has 3 N–H and O–H groups in total. The van der Waals surface area contributed by atoms with Crippen molar-refractivity contribution in [1.29, 1.82) is 0 Å². The Morgan fingerprint density at radius 2 is 1.78 bits per heavy atom. The number of carbonyl (C=O) groups excluding carboxylic acids is 3. The fraction of sp³-hybridized carbons (Fsp3) is 0.486. The number of nitrogens with two attached hydrogens (primary N) is 1. The smallest absolute Gasteiger partial charge is 0.246 e. The van der Waals surface area contributed by atoms with Gasteiger partial charge in [0.2, 0.25) is 17.7 Å². The molecule has 0 radical (unpaired) electrons. The van der Waals surface area contributed by atoms with Gasteiger partial charge in [-0.25, -0.2) is 0 Å². The molecule has 9 heteroatoms. The van der Waals surface area contributed by atoms with Gasteiger partial charge >= 0.3 is 0 Å². The summed E-state index contributed by atoms with van der Waals surface area (Å²) in [6, 6.07) is 17.1. The largest absolute Gasteiger partial charge is 0.354 e. The molecule has 248 valence electrons. The summed E-state index contributed by atoms with van der Waals surface area (Å²) in [6.07, 6.45) is 6.03. The Morgan fingerprint density at radius 1 is 1.04 bits per heavy atom. The van der Waals surface area contributed by atoms with Crippen molar-refractivity contribution >= 4 is 39.8 Å². The Balaban J connectivity index is 1.60. The van der Waals surface area contributed by atoms with Gasteiger partial charge in [0.15, 0.2) is 0 Å². The summed E-state index contributed by atoms with van der Waals surface area (Å²) in [7, 11) is 5.49. The van der Waals surface area contributed by atoms with E-state index in [2.05, 4.69) is 29.4 Å². The zero-order chi connectivity index (χ0) is 33.4. The number of fused-ring (bicyclic) bond motifs is 1. The molecule has 3 aromatic rings.